The first-order chi connectivity index (χ1) is 7.42. The molecule has 0 saturated carbocycles. The topological polar surface area (TPSA) is 51.5 Å². The van der Waals surface area contributed by atoms with E-state index in [2.05, 4.69) is 11.9 Å². The Morgan fingerprint density at radius 3 is 2.75 bits per heavy atom. The van der Waals surface area contributed by atoms with Crippen molar-refractivity contribution in [3.05, 3.63) is 36.8 Å². The second-order valence-corrected chi connectivity index (χ2v) is 4.38. The second kappa shape index (κ2) is 4.88. The lowest BCUT2D eigenvalue weighted by atomic mass is 10.2. The van der Waals surface area contributed by atoms with Crippen molar-refractivity contribution in [2.45, 2.75) is 32.4 Å². The van der Waals surface area contributed by atoms with Crippen LogP contribution in [0.5, 0.6) is 0 Å². The molecule has 4 nitrogen and oxygen atoms in total. The molecule has 1 rings (SSSR count). The first-order valence-electron chi connectivity index (χ1n) is 5.08. The molecule has 88 valence electrons. The smallest absolute Gasteiger partial charge is 0.408 e. The fraction of sp³-hybridized carbons (Fsp3) is 0.417. The number of hydrogen-bond acceptors (Lipinski definition) is 3. The van der Waals surface area contributed by atoms with E-state index in [0.29, 0.717) is 5.76 Å². The van der Waals surface area contributed by atoms with Crippen LogP contribution in [0.25, 0.3) is 0 Å². The van der Waals surface area contributed by atoms with Gasteiger partial charge in [-0.3, -0.25) is 0 Å². The Kier molecular flexibility index (Phi) is 3.77. The van der Waals surface area contributed by atoms with Gasteiger partial charge in [0.1, 0.15) is 17.4 Å². The van der Waals surface area contributed by atoms with Crippen molar-refractivity contribution >= 4 is 6.09 Å². The monoisotopic (exact) mass is 223 g/mol. The van der Waals surface area contributed by atoms with Crippen molar-refractivity contribution in [1.29, 1.82) is 0 Å². The average molecular weight is 223 g/mol. The van der Waals surface area contributed by atoms with Gasteiger partial charge in [0.15, 0.2) is 0 Å². The third-order valence-electron chi connectivity index (χ3n) is 1.76. The van der Waals surface area contributed by atoms with E-state index in [1.54, 1.807) is 24.5 Å². The molecule has 1 aromatic heterocycles. The highest BCUT2D eigenvalue weighted by Gasteiger charge is 2.19. The van der Waals surface area contributed by atoms with Crippen LogP contribution in [0.4, 0.5) is 4.79 Å². The van der Waals surface area contributed by atoms with Gasteiger partial charge in [-0.15, -0.1) is 6.58 Å². The molecule has 0 bridgehead atoms. The second-order valence-electron chi connectivity index (χ2n) is 4.38. The van der Waals surface area contributed by atoms with Gasteiger partial charge >= 0.3 is 6.09 Å². The van der Waals surface area contributed by atoms with Crippen molar-refractivity contribution in [2.75, 3.05) is 0 Å². The van der Waals surface area contributed by atoms with Gasteiger partial charge < -0.3 is 14.5 Å². The highest BCUT2D eigenvalue weighted by atomic mass is 16.6. The van der Waals surface area contributed by atoms with E-state index >= 15 is 0 Å². The normalized spacial score (nSPS) is 12.9. The summed E-state index contributed by atoms with van der Waals surface area (Å²) in [7, 11) is 0. The van der Waals surface area contributed by atoms with Gasteiger partial charge in [0.2, 0.25) is 0 Å². The third kappa shape index (κ3) is 3.81. The molecule has 0 radical (unpaired) electrons. The zero-order chi connectivity index (χ0) is 12.2. The maximum Gasteiger partial charge on any atom is 0.408 e. The predicted molar refractivity (Wildman–Crippen MR) is 61.0 cm³/mol. The highest BCUT2D eigenvalue weighted by molar-refractivity contribution is 5.68. The van der Waals surface area contributed by atoms with E-state index in [0.717, 1.165) is 0 Å². The van der Waals surface area contributed by atoms with Crippen LogP contribution in [0, 0.1) is 0 Å². The number of alkyl carbamates (subject to hydrolysis) is 1. The molecule has 1 aromatic rings. The highest BCUT2D eigenvalue weighted by Crippen LogP contribution is 2.15. The number of ether oxygens (including phenoxy) is 1. The van der Waals surface area contributed by atoms with Gasteiger partial charge in [-0.25, -0.2) is 4.79 Å². The zero-order valence-electron chi connectivity index (χ0n) is 9.82. The SMILES string of the molecule is C=C[C@@H](NC(=O)OC(C)(C)C)c1ccco1. The Morgan fingerprint density at radius 2 is 2.31 bits per heavy atom. The van der Waals surface area contributed by atoms with Crippen molar-refractivity contribution in [2.24, 2.45) is 0 Å². The number of rotatable bonds is 3. The summed E-state index contributed by atoms with van der Waals surface area (Å²) in [6.45, 7) is 9.06. The Hall–Kier alpha value is -1.71. The number of nitrogens with one attached hydrogen (secondary N) is 1. The quantitative estimate of drug-likeness (QED) is 0.801. The number of carbonyl (C=O) groups excluding carboxylic acids is 1. The van der Waals surface area contributed by atoms with Gasteiger partial charge in [0.05, 0.1) is 6.26 Å². The molecule has 4 heteroatoms. The lowest BCUT2D eigenvalue weighted by molar-refractivity contribution is 0.0509. The summed E-state index contributed by atoms with van der Waals surface area (Å²) in [4.78, 5) is 11.5. The Morgan fingerprint density at radius 1 is 1.62 bits per heavy atom. The van der Waals surface area contributed by atoms with E-state index in [9.17, 15) is 4.79 Å². The van der Waals surface area contributed by atoms with Crippen LogP contribution in [0.1, 0.15) is 32.6 Å². The number of furan rings is 1. The molecule has 1 N–H and O–H groups in total. The van der Waals surface area contributed by atoms with Crippen LogP contribution >= 0.6 is 0 Å². The van der Waals surface area contributed by atoms with Crippen LogP contribution in [0.3, 0.4) is 0 Å². The average Bonchev–Trinajstić information content (AvgIpc) is 2.63. The van der Waals surface area contributed by atoms with Gasteiger partial charge in [-0.2, -0.15) is 0 Å². The molecule has 1 amide bonds. The van der Waals surface area contributed by atoms with Crippen LogP contribution < -0.4 is 5.32 Å². The van der Waals surface area contributed by atoms with E-state index < -0.39 is 11.7 Å². The van der Waals surface area contributed by atoms with E-state index in [-0.39, 0.29) is 6.04 Å². The molecule has 1 heterocycles. The van der Waals surface area contributed by atoms with E-state index in [1.807, 2.05) is 20.8 Å². The standard InChI is InChI=1S/C12H17NO3/c1-5-9(10-7-6-8-15-10)13-11(14)16-12(2,3)4/h5-9H,1H2,2-4H3,(H,13,14)/t9-/m1/s1. The summed E-state index contributed by atoms with van der Waals surface area (Å²) in [5.74, 6) is 0.626. The third-order valence-corrected chi connectivity index (χ3v) is 1.76. The number of amides is 1. The first-order valence-corrected chi connectivity index (χ1v) is 5.08. The lowest BCUT2D eigenvalue weighted by Gasteiger charge is -2.21. The van der Waals surface area contributed by atoms with Crippen LogP contribution in [-0.2, 0) is 4.74 Å². The van der Waals surface area contributed by atoms with Crippen molar-refractivity contribution in [3.8, 4) is 0 Å². The summed E-state index contributed by atoms with van der Waals surface area (Å²) in [6, 6.07) is 3.15. The first kappa shape index (κ1) is 12.4. The Bertz CT molecular complexity index is 349. The molecule has 16 heavy (non-hydrogen) atoms. The maximum absolute atomic E-state index is 11.5. The molecule has 0 aliphatic heterocycles. The minimum Gasteiger partial charge on any atom is -0.467 e. The van der Waals surface area contributed by atoms with Crippen LogP contribution in [-0.4, -0.2) is 11.7 Å². The van der Waals surface area contributed by atoms with Gasteiger partial charge in [-0.1, -0.05) is 6.08 Å². The predicted octanol–water partition coefficient (Wildman–Crippen LogP) is 3.03. The summed E-state index contributed by atoms with van der Waals surface area (Å²) in [5, 5.41) is 2.65. The van der Waals surface area contributed by atoms with Gasteiger partial charge in [-0.05, 0) is 32.9 Å². The fourth-order valence-electron chi connectivity index (χ4n) is 1.15. The minimum absolute atomic E-state index is 0.371. The zero-order valence-corrected chi connectivity index (χ0v) is 9.82. The molecule has 0 aromatic carbocycles. The lowest BCUT2D eigenvalue weighted by Crippen LogP contribution is -2.34. The summed E-state index contributed by atoms with van der Waals surface area (Å²) in [6.07, 6.45) is 2.64. The number of hydrogen-bond donors (Lipinski definition) is 1. The molecule has 0 aliphatic carbocycles. The molecular weight excluding hydrogens is 206 g/mol. The van der Waals surface area contributed by atoms with Crippen LogP contribution in [0.15, 0.2) is 35.5 Å². The van der Waals surface area contributed by atoms with Gasteiger partial charge in [0.25, 0.3) is 0 Å². The van der Waals surface area contributed by atoms with E-state index in [4.69, 9.17) is 9.15 Å². The largest absolute Gasteiger partial charge is 0.467 e. The molecule has 0 aliphatic rings. The molecule has 0 unspecified atom stereocenters. The summed E-state index contributed by atoms with van der Waals surface area (Å²) < 4.78 is 10.3. The van der Waals surface area contributed by atoms with Gasteiger partial charge in [0, 0.05) is 0 Å². The fourth-order valence-corrected chi connectivity index (χ4v) is 1.15. The molecule has 0 spiro atoms. The molecule has 0 saturated heterocycles. The molecule has 0 fully saturated rings. The molecule has 1 atom stereocenters. The molecular formula is C12H17NO3. The van der Waals surface area contributed by atoms with Crippen molar-refractivity contribution in [3.63, 3.8) is 0 Å². The Labute approximate surface area is 95.3 Å². The summed E-state index contributed by atoms with van der Waals surface area (Å²) >= 11 is 0. The Balaban J connectivity index is 2.58. The van der Waals surface area contributed by atoms with Crippen molar-refractivity contribution in [1.82, 2.24) is 5.32 Å². The maximum atomic E-state index is 11.5. The van der Waals surface area contributed by atoms with Crippen LogP contribution in [0.2, 0.25) is 0 Å². The number of carbonyl (C=O) groups is 1. The summed E-state index contributed by atoms with van der Waals surface area (Å²) in [5.41, 5.74) is -0.515. The minimum atomic E-state index is -0.515. The van der Waals surface area contributed by atoms with E-state index in [1.165, 1.54) is 0 Å². The van der Waals surface area contributed by atoms with Crippen molar-refractivity contribution < 1.29 is 13.9 Å².